The Hall–Kier alpha value is -0.544. The molecule has 2 nitrogen and oxygen atoms in total. The Morgan fingerprint density at radius 2 is 1.82 bits per heavy atom. The number of benzene rings is 1. The molecule has 54 valence electrons. The van der Waals surface area contributed by atoms with E-state index in [4.69, 9.17) is 5.11 Å². The van der Waals surface area contributed by atoms with Crippen LogP contribution in [0.5, 0.6) is 0 Å². The minimum atomic E-state index is -0.786. The van der Waals surface area contributed by atoms with E-state index in [1.165, 1.54) is 0 Å². The molecule has 0 aliphatic carbocycles. The minimum absolute atomic E-state index is 0. The summed E-state index contributed by atoms with van der Waals surface area (Å²) < 4.78 is 0. The van der Waals surface area contributed by atoms with E-state index < -0.39 is 5.97 Å². The third-order valence-electron chi connectivity index (χ3n) is 1.20. The molecular weight excluding hydrogens is 152 g/mol. The van der Waals surface area contributed by atoms with E-state index in [9.17, 15) is 4.79 Å². The van der Waals surface area contributed by atoms with Crippen LogP contribution in [0.1, 0.15) is 5.56 Å². The maximum atomic E-state index is 10.2. The molecule has 1 N–H and O–H groups in total. The van der Waals surface area contributed by atoms with Gasteiger partial charge < -0.3 is 5.11 Å². The Bertz CT molecular complexity index is 221. The van der Waals surface area contributed by atoms with Crippen LogP contribution in [0.25, 0.3) is 0 Å². The van der Waals surface area contributed by atoms with E-state index in [2.05, 4.69) is 0 Å². The first-order valence-electron chi connectivity index (χ1n) is 3.05. The first-order chi connectivity index (χ1) is 4.79. The van der Waals surface area contributed by atoms with Crippen molar-refractivity contribution in [3.8, 4) is 0 Å². The molecule has 0 atom stereocenters. The second-order valence-corrected chi connectivity index (χ2v) is 2.06. The summed E-state index contributed by atoms with van der Waals surface area (Å²) in [5.74, 6) is -0.786. The normalized spacial score (nSPS) is 8.36. The van der Waals surface area contributed by atoms with Gasteiger partial charge in [-0.05, 0) is 5.56 Å². The second kappa shape index (κ2) is 5.15. The number of carboxylic acid groups (broad SMARTS) is 1. The van der Waals surface area contributed by atoms with Gasteiger partial charge in [0, 0.05) is 23.1 Å². The van der Waals surface area contributed by atoms with Crippen molar-refractivity contribution in [1.29, 1.82) is 0 Å². The molecule has 0 spiro atoms. The van der Waals surface area contributed by atoms with E-state index in [1.54, 1.807) is 12.1 Å². The summed E-state index contributed by atoms with van der Waals surface area (Å²) in [6, 6.07) is 9.13. The van der Waals surface area contributed by atoms with Crippen molar-refractivity contribution in [3.05, 3.63) is 35.9 Å². The Morgan fingerprint density at radius 1 is 1.27 bits per heavy atom. The van der Waals surface area contributed by atoms with Gasteiger partial charge in [0.1, 0.15) is 0 Å². The van der Waals surface area contributed by atoms with Crippen LogP contribution >= 0.6 is 0 Å². The van der Waals surface area contributed by atoms with Gasteiger partial charge in [-0.1, -0.05) is 30.3 Å². The average molecular weight is 160 g/mol. The fraction of sp³-hybridized carbons (Fsp3) is 0.125. The van der Waals surface area contributed by atoms with Crippen LogP contribution in [0.3, 0.4) is 0 Å². The molecule has 1 aromatic carbocycles. The maximum absolute atomic E-state index is 10.2. The number of carbonyl (C=O) groups is 1. The van der Waals surface area contributed by atoms with Crippen LogP contribution in [0.15, 0.2) is 30.3 Å². The lowest BCUT2D eigenvalue weighted by atomic mass is 10.2. The van der Waals surface area contributed by atoms with E-state index >= 15 is 0 Å². The molecule has 0 aliphatic heterocycles. The molecule has 0 saturated heterocycles. The van der Waals surface area contributed by atoms with Crippen molar-refractivity contribution in [1.82, 2.24) is 0 Å². The second-order valence-electron chi connectivity index (χ2n) is 2.06. The van der Waals surface area contributed by atoms with E-state index in [0.29, 0.717) is 0 Å². The van der Waals surface area contributed by atoms with Gasteiger partial charge in [0.05, 0.1) is 6.42 Å². The number of aliphatic carboxylic acids is 1. The topological polar surface area (TPSA) is 37.3 Å². The highest BCUT2D eigenvalue weighted by Gasteiger charge is 1.96. The van der Waals surface area contributed by atoms with Gasteiger partial charge in [0.25, 0.3) is 0 Å². The summed E-state index contributed by atoms with van der Waals surface area (Å²) in [6.45, 7) is 0. The van der Waals surface area contributed by atoms with Gasteiger partial charge in [0.15, 0.2) is 0 Å². The van der Waals surface area contributed by atoms with Gasteiger partial charge in [0.2, 0.25) is 0 Å². The zero-order chi connectivity index (χ0) is 7.40. The lowest BCUT2D eigenvalue weighted by Crippen LogP contribution is -1.98. The van der Waals surface area contributed by atoms with Gasteiger partial charge in [-0.3, -0.25) is 4.79 Å². The van der Waals surface area contributed by atoms with Crippen LogP contribution < -0.4 is 0 Å². The minimum Gasteiger partial charge on any atom is -0.481 e. The Morgan fingerprint density at radius 3 is 2.27 bits per heavy atom. The van der Waals surface area contributed by atoms with Crippen molar-refractivity contribution in [3.63, 3.8) is 0 Å². The molecule has 0 unspecified atom stereocenters. The molecule has 1 aromatic rings. The van der Waals surface area contributed by atoms with E-state index in [1.807, 2.05) is 18.2 Å². The fourth-order valence-electron chi connectivity index (χ4n) is 0.770. The maximum Gasteiger partial charge on any atom is 0.307 e. The molecule has 2 radical (unpaired) electrons. The molecule has 11 heavy (non-hydrogen) atoms. The number of rotatable bonds is 2. The van der Waals surface area contributed by atoms with Crippen molar-refractivity contribution >= 4 is 29.0 Å². The quantitative estimate of drug-likeness (QED) is 0.654. The van der Waals surface area contributed by atoms with Gasteiger partial charge in [-0.2, -0.15) is 0 Å². The third-order valence-corrected chi connectivity index (χ3v) is 1.20. The van der Waals surface area contributed by atoms with E-state index in [-0.39, 0.29) is 29.5 Å². The van der Waals surface area contributed by atoms with Crippen molar-refractivity contribution in [2.75, 3.05) is 0 Å². The lowest BCUT2D eigenvalue weighted by molar-refractivity contribution is -0.136. The Kier molecular flexibility index (Phi) is 4.90. The number of hydrogen-bond donors (Lipinski definition) is 1. The highest BCUT2D eigenvalue weighted by molar-refractivity contribution is 5.75. The fourth-order valence-corrected chi connectivity index (χ4v) is 0.770. The van der Waals surface area contributed by atoms with Crippen molar-refractivity contribution < 1.29 is 9.90 Å². The molecule has 0 amide bonds. The molecule has 0 fully saturated rings. The van der Waals surface area contributed by atoms with Gasteiger partial charge >= 0.3 is 5.97 Å². The van der Waals surface area contributed by atoms with Crippen LogP contribution in [0, 0.1) is 0 Å². The largest absolute Gasteiger partial charge is 0.481 e. The predicted molar refractivity (Wildman–Crippen MR) is 43.5 cm³/mol. The summed E-state index contributed by atoms with van der Waals surface area (Å²) in [4.78, 5) is 10.2. The highest BCUT2D eigenvalue weighted by Crippen LogP contribution is 1.98. The summed E-state index contributed by atoms with van der Waals surface area (Å²) >= 11 is 0. The van der Waals surface area contributed by atoms with Crippen molar-refractivity contribution in [2.45, 2.75) is 6.42 Å². The summed E-state index contributed by atoms with van der Waals surface area (Å²) in [5.41, 5.74) is 0.843. The number of hydrogen-bond acceptors (Lipinski definition) is 1. The van der Waals surface area contributed by atoms with E-state index in [0.717, 1.165) is 5.56 Å². The smallest absolute Gasteiger partial charge is 0.307 e. The monoisotopic (exact) mass is 160 g/mol. The third kappa shape index (κ3) is 4.01. The molecule has 0 saturated carbocycles. The van der Waals surface area contributed by atoms with Gasteiger partial charge in [-0.15, -0.1) is 0 Å². The molecule has 3 heteroatoms. The highest BCUT2D eigenvalue weighted by atomic mass is 24.3. The standard InChI is InChI=1S/C8H8O2.Mg/c9-8(10)6-7-4-2-1-3-5-7;/h1-5H,6H2,(H,9,10);. The van der Waals surface area contributed by atoms with Crippen LogP contribution in [0.2, 0.25) is 0 Å². The first kappa shape index (κ1) is 10.5. The molecule has 0 aromatic heterocycles. The summed E-state index contributed by atoms with van der Waals surface area (Å²) in [7, 11) is 0. The average Bonchev–Trinajstić information content (AvgIpc) is 1.88. The summed E-state index contributed by atoms with van der Waals surface area (Å²) in [6.07, 6.45) is 0.112. The number of carboxylic acids is 1. The Balaban J connectivity index is 0.000001000. The Labute approximate surface area is 81.4 Å². The van der Waals surface area contributed by atoms with Crippen LogP contribution in [-0.4, -0.2) is 34.1 Å². The summed E-state index contributed by atoms with van der Waals surface area (Å²) in [5, 5.41) is 8.37. The van der Waals surface area contributed by atoms with Crippen molar-refractivity contribution in [2.24, 2.45) is 0 Å². The van der Waals surface area contributed by atoms with Crippen LogP contribution in [0.4, 0.5) is 0 Å². The predicted octanol–water partition coefficient (Wildman–Crippen LogP) is 0.933. The zero-order valence-electron chi connectivity index (χ0n) is 6.16. The molecular formula is C8H8MgO2. The first-order valence-corrected chi connectivity index (χ1v) is 3.05. The zero-order valence-corrected chi connectivity index (χ0v) is 7.57. The molecule has 0 aliphatic rings. The van der Waals surface area contributed by atoms with Gasteiger partial charge in [-0.25, -0.2) is 0 Å². The molecule has 0 heterocycles. The lowest BCUT2D eigenvalue weighted by Gasteiger charge is -1.92. The SMILES string of the molecule is O=C(O)Cc1ccccc1.[Mg]. The van der Waals surface area contributed by atoms with Crippen LogP contribution in [-0.2, 0) is 11.2 Å². The molecule has 0 bridgehead atoms. The molecule has 1 rings (SSSR count).